The van der Waals surface area contributed by atoms with Gasteiger partial charge in [0.1, 0.15) is 6.29 Å². The van der Waals surface area contributed by atoms with Gasteiger partial charge in [-0.25, -0.2) is 0 Å². The number of azide groups is 1. The minimum Gasteiger partial charge on any atom is -0.352 e. The van der Waals surface area contributed by atoms with Crippen LogP contribution < -0.4 is 5.32 Å². The number of carbonyl (C=O) groups is 2. The van der Waals surface area contributed by atoms with Crippen molar-refractivity contribution in [3.63, 3.8) is 0 Å². The third-order valence-electron chi connectivity index (χ3n) is 2.09. The van der Waals surface area contributed by atoms with E-state index < -0.39 is 0 Å². The first-order valence-electron chi connectivity index (χ1n) is 5.12. The molecular formula is C11H12N4O2. The van der Waals surface area contributed by atoms with Crippen molar-refractivity contribution in [2.24, 2.45) is 5.11 Å². The number of rotatable bonds is 6. The molecule has 1 aromatic rings. The average Bonchev–Trinajstić information content (AvgIpc) is 2.38. The minimum absolute atomic E-state index is 0.205. The number of hydrogen-bond acceptors (Lipinski definition) is 3. The fourth-order valence-corrected chi connectivity index (χ4v) is 1.21. The van der Waals surface area contributed by atoms with E-state index in [2.05, 4.69) is 15.3 Å². The van der Waals surface area contributed by atoms with Crippen LogP contribution in [0.3, 0.4) is 0 Å². The van der Waals surface area contributed by atoms with Gasteiger partial charge < -0.3 is 5.32 Å². The fourth-order valence-electron chi connectivity index (χ4n) is 1.21. The Morgan fingerprint density at radius 1 is 1.41 bits per heavy atom. The van der Waals surface area contributed by atoms with E-state index in [-0.39, 0.29) is 5.91 Å². The SMILES string of the molecule is [N-]=[N+]=NCCCNC(=O)c1ccc(C=O)cc1. The van der Waals surface area contributed by atoms with E-state index in [0.717, 1.165) is 6.29 Å². The smallest absolute Gasteiger partial charge is 0.251 e. The minimum atomic E-state index is -0.205. The van der Waals surface area contributed by atoms with E-state index in [1.165, 1.54) is 0 Å². The molecule has 0 fully saturated rings. The van der Waals surface area contributed by atoms with Crippen molar-refractivity contribution >= 4 is 12.2 Å². The molecule has 0 atom stereocenters. The Kier molecular flexibility index (Phi) is 5.27. The van der Waals surface area contributed by atoms with Crippen molar-refractivity contribution in [3.8, 4) is 0 Å². The highest BCUT2D eigenvalue weighted by Gasteiger charge is 2.03. The normalized spacial score (nSPS) is 9.18. The van der Waals surface area contributed by atoms with Crippen LogP contribution in [0.2, 0.25) is 0 Å². The van der Waals surface area contributed by atoms with Crippen molar-refractivity contribution in [2.45, 2.75) is 6.42 Å². The molecule has 6 heteroatoms. The summed E-state index contributed by atoms with van der Waals surface area (Å²) in [6, 6.07) is 6.35. The molecular weight excluding hydrogens is 220 g/mol. The zero-order chi connectivity index (χ0) is 12.5. The second kappa shape index (κ2) is 7.03. The maximum absolute atomic E-state index is 11.6. The molecule has 1 rings (SSSR count). The van der Waals surface area contributed by atoms with Crippen LogP contribution in [-0.2, 0) is 0 Å². The van der Waals surface area contributed by atoms with Crippen molar-refractivity contribution in [2.75, 3.05) is 13.1 Å². The summed E-state index contributed by atoms with van der Waals surface area (Å²) in [4.78, 5) is 24.6. The summed E-state index contributed by atoms with van der Waals surface area (Å²) in [5.74, 6) is -0.205. The molecule has 6 nitrogen and oxygen atoms in total. The van der Waals surface area contributed by atoms with E-state index in [9.17, 15) is 9.59 Å². The van der Waals surface area contributed by atoms with Crippen molar-refractivity contribution in [1.82, 2.24) is 5.32 Å². The molecule has 0 radical (unpaired) electrons. The predicted octanol–water partition coefficient (Wildman–Crippen LogP) is 1.93. The lowest BCUT2D eigenvalue weighted by Crippen LogP contribution is -2.24. The Balaban J connectivity index is 2.41. The highest BCUT2D eigenvalue weighted by atomic mass is 16.1. The second-order valence-corrected chi connectivity index (χ2v) is 3.30. The van der Waals surface area contributed by atoms with Crippen molar-refractivity contribution < 1.29 is 9.59 Å². The maximum atomic E-state index is 11.6. The van der Waals surface area contributed by atoms with Gasteiger partial charge in [0.15, 0.2) is 0 Å². The standard InChI is InChI=1S/C11H12N4O2/c12-15-14-7-1-6-13-11(17)10-4-2-9(8-16)3-5-10/h2-5,8H,1,6-7H2,(H,13,17). The van der Waals surface area contributed by atoms with Gasteiger partial charge in [-0.1, -0.05) is 17.2 Å². The predicted molar refractivity (Wildman–Crippen MR) is 62.8 cm³/mol. The summed E-state index contributed by atoms with van der Waals surface area (Å²) in [5.41, 5.74) is 9.08. The first kappa shape index (κ1) is 12.7. The molecule has 0 aliphatic heterocycles. The van der Waals surface area contributed by atoms with E-state index in [1.807, 2.05) is 0 Å². The number of aldehydes is 1. The molecule has 0 heterocycles. The van der Waals surface area contributed by atoms with Gasteiger partial charge in [0, 0.05) is 29.1 Å². The molecule has 0 aliphatic carbocycles. The van der Waals surface area contributed by atoms with Gasteiger partial charge in [0.25, 0.3) is 5.91 Å². The van der Waals surface area contributed by atoms with Gasteiger partial charge in [-0.2, -0.15) is 0 Å². The third-order valence-corrected chi connectivity index (χ3v) is 2.09. The third kappa shape index (κ3) is 4.36. The summed E-state index contributed by atoms with van der Waals surface area (Å²) < 4.78 is 0. The second-order valence-electron chi connectivity index (χ2n) is 3.30. The summed E-state index contributed by atoms with van der Waals surface area (Å²) in [7, 11) is 0. The summed E-state index contributed by atoms with van der Waals surface area (Å²) in [6.45, 7) is 0.814. The number of nitrogens with zero attached hydrogens (tertiary/aromatic N) is 3. The highest BCUT2D eigenvalue weighted by Crippen LogP contribution is 2.02. The van der Waals surface area contributed by atoms with Crippen LogP contribution in [0.25, 0.3) is 10.4 Å². The lowest BCUT2D eigenvalue weighted by molar-refractivity contribution is 0.0953. The lowest BCUT2D eigenvalue weighted by Gasteiger charge is -2.03. The van der Waals surface area contributed by atoms with Gasteiger partial charge >= 0.3 is 0 Å². The van der Waals surface area contributed by atoms with Gasteiger partial charge in [-0.15, -0.1) is 0 Å². The number of nitrogens with one attached hydrogen (secondary N) is 1. The van der Waals surface area contributed by atoms with Gasteiger partial charge in [-0.05, 0) is 24.1 Å². The molecule has 0 aliphatic rings. The number of amides is 1. The number of carbonyl (C=O) groups excluding carboxylic acids is 2. The Morgan fingerprint density at radius 2 is 2.12 bits per heavy atom. The monoisotopic (exact) mass is 232 g/mol. The van der Waals surface area contributed by atoms with Crippen LogP contribution in [0.15, 0.2) is 29.4 Å². The first-order chi connectivity index (χ1) is 8.27. The van der Waals surface area contributed by atoms with Crippen LogP contribution in [0, 0.1) is 0 Å². The van der Waals surface area contributed by atoms with Gasteiger partial charge in [0.2, 0.25) is 0 Å². The molecule has 0 unspecified atom stereocenters. The Labute approximate surface area is 98.3 Å². The molecule has 0 spiro atoms. The van der Waals surface area contributed by atoms with E-state index in [1.54, 1.807) is 24.3 Å². The molecule has 17 heavy (non-hydrogen) atoms. The van der Waals surface area contributed by atoms with Crippen LogP contribution >= 0.6 is 0 Å². The summed E-state index contributed by atoms with van der Waals surface area (Å²) in [6.07, 6.45) is 1.32. The van der Waals surface area contributed by atoms with Gasteiger partial charge in [0.05, 0.1) is 0 Å². The maximum Gasteiger partial charge on any atom is 0.251 e. The number of hydrogen-bond donors (Lipinski definition) is 1. The molecule has 1 amide bonds. The Morgan fingerprint density at radius 3 is 2.71 bits per heavy atom. The quantitative estimate of drug-likeness (QED) is 0.266. The van der Waals surface area contributed by atoms with Crippen molar-refractivity contribution in [1.29, 1.82) is 0 Å². The molecule has 0 aromatic heterocycles. The fraction of sp³-hybridized carbons (Fsp3) is 0.273. The van der Waals surface area contributed by atoms with E-state index in [0.29, 0.717) is 30.6 Å². The van der Waals surface area contributed by atoms with Gasteiger partial charge in [-0.3, -0.25) is 9.59 Å². The highest BCUT2D eigenvalue weighted by molar-refractivity contribution is 5.94. The molecule has 0 bridgehead atoms. The lowest BCUT2D eigenvalue weighted by atomic mass is 10.1. The molecule has 0 saturated heterocycles. The summed E-state index contributed by atoms with van der Waals surface area (Å²) in [5, 5.41) is 6.04. The zero-order valence-corrected chi connectivity index (χ0v) is 9.17. The van der Waals surface area contributed by atoms with Crippen LogP contribution in [0.1, 0.15) is 27.1 Å². The number of benzene rings is 1. The Hall–Kier alpha value is -2.33. The topological polar surface area (TPSA) is 94.9 Å². The molecule has 0 saturated carbocycles. The average molecular weight is 232 g/mol. The van der Waals surface area contributed by atoms with E-state index >= 15 is 0 Å². The Bertz CT molecular complexity index is 435. The van der Waals surface area contributed by atoms with E-state index in [4.69, 9.17) is 5.53 Å². The van der Waals surface area contributed by atoms with Crippen LogP contribution in [0.4, 0.5) is 0 Å². The first-order valence-corrected chi connectivity index (χ1v) is 5.12. The molecule has 88 valence electrons. The van der Waals surface area contributed by atoms with Crippen LogP contribution in [-0.4, -0.2) is 25.3 Å². The molecule has 1 aromatic carbocycles. The van der Waals surface area contributed by atoms with Crippen molar-refractivity contribution in [3.05, 3.63) is 45.8 Å². The zero-order valence-electron chi connectivity index (χ0n) is 9.17. The summed E-state index contributed by atoms with van der Waals surface area (Å²) >= 11 is 0. The van der Waals surface area contributed by atoms with Crippen LogP contribution in [0.5, 0.6) is 0 Å². The molecule has 1 N–H and O–H groups in total. The largest absolute Gasteiger partial charge is 0.352 e.